The molecule has 26 heavy (non-hydrogen) atoms. The van der Waals surface area contributed by atoms with E-state index in [4.69, 9.17) is 4.74 Å². The molecule has 0 spiro atoms. The molecule has 2 aromatic heterocycles. The zero-order valence-electron chi connectivity index (χ0n) is 14.3. The van der Waals surface area contributed by atoms with Crippen LogP contribution in [0, 0.1) is 0 Å². The summed E-state index contributed by atoms with van der Waals surface area (Å²) in [7, 11) is 1.53. The van der Waals surface area contributed by atoms with E-state index in [1.54, 1.807) is 31.2 Å². The van der Waals surface area contributed by atoms with Gasteiger partial charge in [0.25, 0.3) is 12.3 Å². The van der Waals surface area contributed by atoms with Gasteiger partial charge >= 0.3 is 0 Å². The number of methoxy groups -OCH3 is 1. The van der Waals surface area contributed by atoms with Crippen LogP contribution >= 0.6 is 0 Å². The van der Waals surface area contributed by atoms with E-state index in [1.165, 1.54) is 19.4 Å². The Morgan fingerprint density at radius 1 is 1.31 bits per heavy atom. The van der Waals surface area contributed by atoms with E-state index >= 15 is 0 Å². The van der Waals surface area contributed by atoms with Gasteiger partial charge in [-0.3, -0.25) is 4.79 Å². The van der Waals surface area contributed by atoms with Crippen LogP contribution in [-0.4, -0.2) is 40.3 Å². The summed E-state index contributed by atoms with van der Waals surface area (Å²) in [6.07, 6.45) is -1.51. The molecule has 1 amide bonds. The lowest BCUT2D eigenvalue weighted by Gasteiger charge is -2.12. The number of nitrogens with zero attached hydrogens (tertiary/aromatic N) is 3. The van der Waals surface area contributed by atoms with Gasteiger partial charge in [-0.15, -0.1) is 0 Å². The van der Waals surface area contributed by atoms with E-state index in [0.29, 0.717) is 17.9 Å². The van der Waals surface area contributed by atoms with Crippen molar-refractivity contribution < 1.29 is 18.3 Å². The number of hydrogen-bond donors (Lipinski definition) is 1. The molecule has 0 aliphatic heterocycles. The van der Waals surface area contributed by atoms with Crippen LogP contribution in [0.1, 0.15) is 29.4 Å². The average Bonchev–Trinajstić information content (AvgIpc) is 3.05. The van der Waals surface area contributed by atoms with Crippen molar-refractivity contribution in [3.05, 3.63) is 53.9 Å². The van der Waals surface area contributed by atoms with Gasteiger partial charge in [0.1, 0.15) is 11.3 Å². The number of carbonyl (C=O) groups is 1. The molecular weight excluding hydrogens is 342 g/mol. The maximum Gasteiger partial charge on any atom is 0.280 e. The Morgan fingerprint density at radius 3 is 2.69 bits per heavy atom. The van der Waals surface area contributed by atoms with E-state index in [1.807, 2.05) is 6.07 Å². The Kier molecular flexibility index (Phi) is 5.22. The summed E-state index contributed by atoms with van der Waals surface area (Å²) < 4.78 is 33.0. The highest BCUT2D eigenvalue weighted by Gasteiger charge is 2.22. The van der Waals surface area contributed by atoms with Gasteiger partial charge in [0.05, 0.1) is 18.5 Å². The molecule has 0 fully saturated rings. The minimum Gasteiger partial charge on any atom is -0.383 e. The zero-order chi connectivity index (χ0) is 18.7. The SMILES string of the molecule is COC[C@@H](C)NC(=O)c1cnn2c(C(F)F)cc(-c3ccccc3)nc12. The van der Waals surface area contributed by atoms with E-state index in [2.05, 4.69) is 15.4 Å². The van der Waals surface area contributed by atoms with E-state index in [0.717, 1.165) is 4.52 Å². The van der Waals surface area contributed by atoms with Crippen LogP contribution < -0.4 is 5.32 Å². The van der Waals surface area contributed by atoms with Crippen molar-refractivity contribution in [3.8, 4) is 11.3 Å². The van der Waals surface area contributed by atoms with Gasteiger partial charge in [-0.2, -0.15) is 5.10 Å². The van der Waals surface area contributed by atoms with E-state index < -0.39 is 12.3 Å². The van der Waals surface area contributed by atoms with Gasteiger partial charge in [0.15, 0.2) is 5.65 Å². The van der Waals surface area contributed by atoms with Crippen LogP contribution in [0.5, 0.6) is 0 Å². The third-order valence-electron chi connectivity index (χ3n) is 3.83. The van der Waals surface area contributed by atoms with Crippen molar-refractivity contribution in [2.24, 2.45) is 0 Å². The lowest BCUT2D eigenvalue weighted by molar-refractivity contribution is 0.0907. The first-order chi connectivity index (χ1) is 12.5. The van der Waals surface area contributed by atoms with Crippen LogP contribution in [-0.2, 0) is 4.74 Å². The number of benzene rings is 1. The molecule has 0 saturated heterocycles. The number of carbonyl (C=O) groups excluding carboxylic acids is 1. The summed E-state index contributed by atoms with van der Waals surface area (Å²) in [5.41, 5.74) is 0.930. The Hall–Kier alpha value is -2.87. The zero-order valence-corrected chi connectivity index (χ0v) is 14.3. The normalized spacial score (nSPS) is 12.5. The lowest BCUT2D eigenvalue weighted by Crippen LogP contribution is -2.35. The first-order valence-corrected chi connectivity index (χ1v) is 8.03. The lowest BCUT2D eigenvalue weighted by atomic mass is 10.1. The molecule has 0 unspecified atom stereocenters. The maximum absolute atomic E-state index is 13.5. The summed E-state index contributed by atoms with van der Waals surface area (Å²) in [5.74, 6) is -0.442. The van der Waals surface area contributed by atoms with Crippen LogP contribution in [0.25, 0.3) is 16.9 Å². The third-order valence-corrected chi connectivity index (χ3v) is 3.83. The molecule has 8 heteroatoms. The number of fused-ring (bicyclic) bond motifs is 1. The van der Waals surface area contributed by atoms with Crippen LogP contribution in [0.2, 0.25) is 0 Å². The summed E-state index contributed by atoms with van der Waals surface area (Å²) >= 11 is 0. The average molecular weight is 360 g/mol. The summed E-state index contributed by atoms with van der Waals surface area (Å²) in [6, 6.07) is 9.99. The molecule has 0 bridgehead atoms. The minimum atomic E-state index is -2.76. The Bertz CT molecular complexity index is 912. The minimum absolute atomic E-state index is 0.0868. The molecule has 0 saturated carbocycles. The van der Waals surface area contributed by atoms with Crippen molar-refractivity contribution in [2.75, 3.05) is 13.7 Å². The molecular formula is C18H18F2N4O2. The first kappa shape index (κ1) is 17.9. The fraction of sp³-hybridized carbons (Fsp3) is 0.278. The van der Waals surface area contributed by atoms with Crippen molar-refractivity contribution >= 4 is 11.6 Å². The van der Waals surface area contributed by atoms with E-state index in [-0.39, 0.29) is 22.9 Å². The smallest absolute Gasteiger partial charge is 0.280 e. The molecule has 0 radical (unpaired) electrons. The molecule has 2 heterocycles. The third kappa shape index (κ3) is 3.55. The number of nitrogens with one attached hydrogen (secondary N) is 1. The van der Waals surface area contributed by atoms with Gasteiger partial charge in [0.2, 0.25) is 0 Å². The highest BCUT2D eigenvalue weighted by molar-refractivity contribution is 6.00. The van der Waals surface area contributed by atoms with Crippen molar-refractivity contribution in [1.29, 1.82) is 0 Å². The van der Waals surface area contributed by atoms with Crippen LogP contribution in [0.4, 0.5) is 8.78 Å². The summed E-state index contributed by atoms with van der Waals surface area (Å²) in [5, 5.41) is 6.67. The largest absolute Gasteiger partial charge is 0.383 e. The van der Waals surface area contributed by atoms with Gasteiger partial charge in [-0.05, 0) is 13.0 Å². The summed E-state index contributed by atoms with van der Waals surface area (Å²) in [6.45, 7) is 2.11. The predicted octanol–water partition coefficient (Wildman–Crippen LogP) is 3.10. The molecule has 1 aromatic carbocycles. The number of rotatable bonds is 6. The number of hydrogen-bond acceptors (Lipinski definition) is 4. The Balaban J connectivity index is 2.09. The maximum atomic E-state index is 13.5. The van der Waals surface area contributed by atoms with Gasteiger partial charge in [-0.1, -0.05) is 30.3 Å². The number of amides is 1. The molecule has 1 N–H and O–H groups in total. The number of aromatic nitrogens is 3. The van der Waals surface area contributed by atoms with Crippen molar-refractivity contribution in [1.82, 2.24) is 19.9 Å². The van der Waals surface area contributed by atoms with Gasteiger partial charge in [0, 0.05) is 18.7 Å². The number of ether oxygens (including phenoxy) is 1. The van der Waals surface area contributed by atoms with Gasteiger partial charge < -0.3 is 10.1 Å². The molecule has 0 aliphatic rings. The molecule has 136 valence electrons. The molecule has 1 atom stereocenters. The second-order valence-electron chi connectivity index (χ2n) is 5.86. The standard InChI is InChI=1S/C18H18F2N4O2/c1-11(10-26-2)22-18(25)13-9-21-24-15(16(19)20)8-14(23-17(13)24)12-6-4-3-5-7-12/h3-9,11,16H,10H2,1-2H3,(H,22,25)/t11-/m1/s1. The molecule has 6 nitrogen and oxygen atoms in total. The Labute approximate surface area is 148 Å². The fourth-order valence-corrected chi connectivity index (χ4v) is 2.65. The van der Waals surface area contributed by atoms with Gasteiger partial charge in [-0.25, -0.2) is 18.3 Å². The summed E-state index contributed by atoms with van der Waals surface area (Å²) in [4.78, 5) is 16.9. The predicted molar refractivity (Wildman–Crippen MR) is 92.2 cm³/mol. The van der Waals surface area contributed by atoms with Crippen LogP contribution in [0.3, 0.4) is 0 Å². The van der Waals surface area contributed by atoms with Crippen molar-refractivity contribution in [2.45, 2.75) is 19.4 Å². The second-order valence-corrected chi connectivity index (χ2v) is 5.86. The van der Waals surface area contributed by atoms with E-state index in [9.17, 15) is 13.6 Å². The van der Waals surface area contributed by atoms with Crippen LogP contribution in [0.15, 0.2) is 42.6 Å². The highest BCUT2D eigenvalue weighted by atomic mass is 19.3. The number of halogens is 2. The van der Waals surface area contributed by atoms with Crippen molar-refractivity contribution in [3.63, 3.8) is 0 Å². The second kappa shape index (κ2) is 7.57. The molecule has 0 aliphatic carbocycles. The quantitative estimate of drug-likeness (QED) is 0.733. The first-order valence-electron chi connectivity index (χ1n) is 8.03. The number of alkyl halides is 2. The topological polar surface area (TPSA) is 68.5 Å². The fourth-order valence-electron chi connectivity index (χ4n) is 2.65. The highest BCUT2D eigenvalue weighted by Crippen LogP contribution is 2.26. The monoisotopic (exact) mass is 360 g/mol. The molecule has 3 rings (SSSR count). The molecule has 3 aromatic rings. The Morgan fingerprint density at radius 2 is 2.04 bits per heavy atom.